The van der Waals surface area contributed by atoms with Crippen LogP contribution in [0.2, 0.25) is 0 Å². The Balaban J connectivity index is 2.12. The van der Waals surface area contributed by atoms with Gasteiger partial charge in [0.15, 0.2) is 4.80 Å². The molecule has 0 unspecified atom stereocenters. The van der Waals surface area contributed by atoms with Crippen molar-refractivity contribution in [3.63, 3.8) is 0 Å². The van der Waals surface area contributed by atoms with Gasteiger partial charge in [0.05, 0.1) is 24.4 Å². The number of benzene rings is 2. The van der Waals surface area contributed by atoms with Gasteiger partial charge in [0, 0.05) is 18.7 Å². The lowest BCUT2D eigenvalue weighted by atomic mass is 10.1. The zero-order chi connectivity index (χ0) is 18.1. The fourth-order valence-corrected chi connectivity index (χ4v) is 4.06. The van der Waals surface area contributed by atoms with E-state index in [9.17, 15) is 4.79 Å². The number of hydrogen-bond donors (Lipinski definition) is 0. The van der Waals surface area contributed by atoms with Gasteiger partial charge in [0.25, 0.3) is 5.91 Å². The second-order valence-corrected chi connectivity index (χ2v) is 6.90. The standard InChI is InChI=1S/C19H20N2O3S/c1-11-6-12(2)17-16(7-11)25-19(21(17)3)20-18(22)13-8-14(23-4)10-15(9-13)24-5/h6-10H,1-5H3. The summed E-state index contributed by atoms with van der Waals surface area (Å²) in [5.74, 6) is 0.795. The fourth-order valence-electron chi connectivity index (χ4n) is 2.87. The average molecular weight is 356 g/mol. The highest BCUT2D eigenvalue weighted by Gasteiger charge is 2.11. The monoisotopic (exact) mass is 356 g/mol. The Bertz CT molecular complexity index is 1010. The number of fused-ring (bicyclic) bond motifs is 1. The summed E-state index contributed by atoms with van der Waals surface area (Å²) in [7, 11) is 5.04. The van der Waals surface area contributed by atoms with Crippen LogP contribution in [-0.4, -0.2) is 24.7 Å². The summed E-state index contributed by atoms with van der Waals surface area (Å²) in [5, 5.41) is 0. The minimum atomic E-state index is -0.325. The highest BCUT2D eigenvalue weighted by Crippen LogP contribution is 2.24. The molecule has 5 nitrogen and oxygen atoms in total. The van der Waals surface area contributed by atoms with Crippen molar-refractivity contribution in [2.24, 2.45) is 12.0 Å². The van der Waals surface area contributed by atoms with Gasteiger partial charge in [0.1, 0.15) is 11.5 Å². The molecule has 0 aliphatic carbocycles. The van der Waals surface area contributed by atoms with E-state index in [1.54, 1.807) is 32.4 Å². The molecule has 130 valence electrons. The van der Waals surface area contributed by atoms with E-state index in [0.717, 1.165) is 10.2 Å². The van der Waals surface area contributed by atoms with Crippen molar-refractivity contribution in [2.75, 3.05) is 14.2 Å². The van der Waals surface area contributed by atoms with Crippen LogP contribution >= 0.6 is 11.3 Å². The number of carbonyl (C=O) groups excluding carboxylic acids is 1. The molecule has 0 saturated heterocycles. The Kier molecular flexibility index (Phi) is 4.63. The molecular weight excluding hydrogens is 336 g/mol. The number of rotatable bonds is 3. The maximum Gasteiger partial charge on any atom is 0.279 e. The Hall–Kier alpha value is -2.60. The lowest BCUT2D eigenvalue weighted by Gasteiger charge is -2.06. The van der Waals surface area contributed by atoms with Crippen molar-refractivity contribution in [3.05, 3.63) is 51.8 Å². The molecule has 3 aromatic rings. The first-order chi connectivity index (χ1) is 11.9. The van der Waals surface area contributed by atoms with Gasteiger partial charge in [-0.1, -0.05) is 17.4 Å². The number of amides is 1. The molecule has 1 amide bonds. The van der Waals surface area contributed by atoms with Crippen LogP contribution in [0.5, 0.6) is 11.5 Å². The molecule has 0 radical (unpaired) electrons. The van der Waals surface area contributed by atoms with Crippen molar-refractivity contribution in [2.45, 2.75) is 13.8 Å². The molecule has 0 atom stereocenters. The molecule has 1 heterocycles. The van der Waals surface area contributed by atoms with Crippen molar-refractivity contribution in [1.29, 1.82) is 0 Å². The summed E-state index contributed by atoms with van der Waals surface area (Å²) in [6, 6.07) is 9.30. The summed E-state index contributed by atoms with van der Waals surface area (Å²) in [6.07, 6.45) is 0. The molecule has 0 aliphatic rings. The number of aryl methyl sites for hydroxylation is 3. The Morgan fingerprint density at radius 2 is 1.68 bits per heavy atom. The molecular formula is C19H20N2O3S. The summed E-state index contributed by atoms with van der Waals surface area (Å²) in [4.78, 5) is 17.6. The summed E-state index contributed by atoms with van der Waals surface area (Å²) < 4.78 is 13.5. The maximum absolute atomic E-state index is 12.6. The molecule has 0 aliphatic heterocycles. The van der Waals surface area contributed by atoms with E-state index in [0.29, 0.717) is 21.9 Å². The number of aromatic nitrogens is 1. The topological polar surface area (TPSA) is 52.8 Å². The number of thiazole rings is 1. The van der Waals surface area contributed by atoms with Crippen LogP contribution in [0.1, 0.15) is 21.5 Å². The molecule has 0 saturated carbocycles. The van der Waals surface area contributed by atoms with E-state index in [1.165, 1.54) is 22.5 Å². The molecule has 2 aromatic carbocycles. The maximum atomic E-state index is 12.6. The molecule has 1 aromatic heterocycles. The predicted molar refractivity (Wildman–Crippen MR) is 99.7 cm³/mol. The van der Waals surface area contributed by atoms with E-state index in [1.807, 2.05) is 11.6 Å². The van der Waals surface area contributed by atoms with Crippen molar-refractivity contribution in [1.82, 2.24) is 4.57 Å². The van der Waals surface area contributed by atoms with Crippen LogP contribution in [0, 0.1) is 13.8 Å². The van der Waals surface area contributed by atoms with E-state index >= 15 is 0 Å². The third kappa shape index (κ3) is 3.30. The van der Waals surface area contributed by atoms with Gasteiger partial charge in [-0.3, -0.25) is 4.79 Å². The first-order valence-corrected chi connectivity index (χ1v) is 8.63. The van der Waals surface area contributed by atoms with E-state index in [2.05, 4.69) is 31.0 Å². The second kappa shape index (κ2) is 6.72. The molecule has 3 rings (SSSR count). The van der Waals surface area contributed by atoms with Gasteiger partial charge in [-0.25, -0.2) is 0 Å². The lowest BCUT2D eigenvalue weighted by Crippen LogP contribution is -2.13. The van der Waals surface area contributed by atoms with Crippen LogP contribution in [-0.2, 0) is 7.05 Å². The summed E-state index contributed by atoms with van der Waals surface area (Å²) >= 11 is 1.51. The fraction of sp³-hybridized carbons (Fsp3) is 0.263. The number of ether oxygens (including phenoxy) is 2. The third-order valence-corrected chi connectivity index (χ3v) is 5.11. The molecule has 25 heavy (non-hydrogen) atoms. The van der Waals surface area contributed by atoms with E-state index < -0.39 is 0 Å². The largest absolute Gasteiger partial charge is 0.497 e. The Morgan fingerprint density at radius 3 is 2.28 bits per heavy atom. The second-order valence-electron chi connectivity index (χ2n) is 5.89. The van der Waals surface area contributed by atoms with Gasteiger partial charge in [-0.15, -0.1) is 0 Å². The smallest absolute Gasteiger partial charge is 0.279 e. The minimum Gasteiger partial charge on any atom is -0.497 e. The number of nitrogens with zero attached hydrogens (tertiary/aromatic N) is 2. The van der Waals surface area contributed by atoms with Crippen LogP contribution in [0.3, 0.4) is 0 Å². The first kappa shape index (κ1) is 17.2. The molecule has 0 bridgehead atoms. The Labute approximate surface area is 150 Å². The average Bonchev–Trinajstić information content (AvgIpc) is 2.89. The van der Waals surface area contributed by atoms with Crippen LogP contribution in [0.25, 0.3) is 10.2 Å². The normalized spacial score (nSPS) is 11.8. The molecule has 0 N–H and O–H groups in total. The van der Waals surface area contributed by atoms with Gasteiger partial charge in [-0.2, -0.15) is 4.99 Å². The van der Waals surface area contributed by atoms with Gasteiger partial charge < -0.3 is 14.0 Å². The van der Waals surface area contributed by atoms with Gasteiger partial charge in [-0.05, 0) is 43.2 Å². The van der Waals surface area contributed by atoms with Gasteiger partial charge in [0.2, 0.25) is 0 Å². The van der Waals surface area contributed by atoms with Gasteiger partial charge >= 0.3 is 0 Å². The van der Waals surface area contributed by atoms with Crippen molar-refractivity contribution < 1.29 is 14.3 Å². The minimum absolute atomic E-state index is 0.325. The molecule has 0 spiro atoms. The third-order valence-electron chi connectivity index (χ3n) is 4.03. The highest BCUT2D eigenvalue weighted by molar-refractivity contribution is 7.16. The lowest BCUT2D eigenvalue weighted by molar-refractivity contribution is 0.0997. The summed E-state index contributed by atoms with van der Waals surface area (Å²) in [6.45, 7) is 4.14. The zero-order valence-electron chi connectivity index (χ0n) is 14.9. The van der Waals surface area contributed by atoms with Crippen LogP contribution < -0.4 is 14.3 Å². The summed E-state index contributed by atoms with van der Waals surface area (Å²) in [5.41, 5.74) is 3.90. The van der Waals surface area contributed by atoms with E-state index in [4.69, 9.17) is 9.47 Å². The molecule has 6 heteroatoms. The van der Waals surface area contributed by atoms with Crippen molar-refractivity contribution in [3.8, 4) is 11.5 Å². The van der Waals surface area contributed by atoms with Crippen LogP contribution in [0.4, 0.5) is 0 Å². The molecule has 0 fully saturated rings. The van der Waals surface area contributed by atoms with E-state index in [-0.39, 0.29) is 5.91 Å². The predicted octanol–water partition coefficient (Wildman–Crippen LogP) is 3.61. The highest BCUT2D eigenvalue weighted by atomic mass is 32.1. The SMILES string of the molecule is COc1cc(OC)cc(C(=O)N=c2sc3cc(C)cc(C)c3n2C)c1. The number of methoxy groups -OCH3 is 2. The quantitative estimate of drug-likeness (QED) is 0.720. The first-order valence-electron chi connectivity index (χ1n) is 7.82. The number of hydrogen-bond acceptors (Lipinski definition) is 4. The zero-order valence-corrected chi connectivity index (χ0v) is 15.7. The number of carbonyl (C=O) groups is 1. The van der Waals surface area contributed by atoms with Crippen LogP contribution in [0.15, 0.2) is 35.3 Å². The van der Waals surface area contributed by atoms with Crippen molar-refractivity contribution >= 4 is 27.5 Å². The Morgan fingerprint density at radius 1 is 1.04 bits per heavy atom.